The number of aryl methyl sites for hydroxylation is 1. The van der Waals surface area contributed by atoms with E-state index in [1.165, 1.54) is 25.0 Å². The third-order valence-corrected chi connectivity index (χ3v) is 4.97. The molecule has 1 fully saturated rings. The van der Waals surface area contributed by atoms with Crippen LogP contribution in [0, 0.1) is 11.7 Å². The summed E-state index contributed by atoms with van der Waals surface area (Å²) in [5.41, 5.74) is 2.48. The van der Waals surface area contributed by atoms with Gasteiger partial charge in [-0.3, -0.25) is 0 Å². The molecular formula is C19H24FN5O2. The third-order valence-electron chi connectivity index (χ3n) is 4.97. The summed E-state index contributed by atoms with van der Waals surface area (Å²) in [6.45, 7) is 3.32. The number of amides is 2. The molecule has 27 heavy (non-hydrogen) atoms. The van der Waals surface area contributed by atoms with Crippen molar-refractivity contribution in [3.8, 4) is 0 Å². The van der Waals surface area contributed by atoms with E-state index in [2.05, 4.69) is 15.6 Å². The lowest BCUT2D eigenvalue weighted by atomic mass is 10.2. The number of rotatable bonds is 6. The van der Waals surface area contributed by atoms with Gasteiger partial charge in [0.25, 0.3) is 0 Å². The van der Waals surface area contributed by atoms with E-state index in [9.17, 15) is 9.18 Å². The minimum absolute atomic E-state index is 0.168. The van der Waals surface area contributed by atoms with Crippen LogP contribution in [0.1, 0.15) is 36.2 Å². The second kappa shape index (κ2) is 8.04. The number of benzene rings is 1. The lowest BCUT2D eigenvalue weighted by Crippen LogP contribution is -2.39. The summed E-state index contributed by atoms with van der Waals surface area (Å²) < 4.78 is 20.9. The van der Waals surface area contributed by atoms with Crippen molar-refractivity contribution in [1.29, 1.82) is 0 Å². The van der Waals surface area contributed by atoms with Crippen LogP contribution in [0.5, 0.6) is 0 Å². The smallest absolute Gasteiger partial charge is 0.318 e. The number of hydrogen-bond donors (Lipinski definition) is 1. The van der Waals surface area contributed by atoms with E-state index in [-0.39, 0.29) is 11.8 Å². The van der Waals surface area contributed by atoms with E-state index >= 15 is 0 Å². The lowest BCUT2D eigenvalue weighted by molar-refractivity contribution is 0.107. The van der Waals surface area contributed by atoms with Crippen LogP contribution < -0.4 is 5.32 Å². The average Bonchev–Trinajstić information content (AvgIpc) is 3.44. The molecule has 0 atom stereocenters. The SMILES string of the molecule is O=C(NCc1cccc(F)c1)N1CCCn2nnc(COCC3CC3)c2C1. The van der Waals surface area contributed by atoms with E-state index < -0.39 is 0 Å². The fourth-order valence-corrected chi connectivity index (χ4v) is 3.22. The second-order valence-electron chi connectivity index (χ2n) is 7.23. The second-order valence-corrected chi connectivity index (χ2v) is 7.23. The Bertz CT molecular complexity index is 805. The molecule has 2 aliphatic rings. The van der Waals surface area contributed by atoms with Gasteiger partial charge in [-0.25, -0.2) is 13.9 Å². The van der Waals surface area contributed by atoms with Gasteiger partial charge < -0.3 is 15.0 Å². The van der Waals surface area contributed by atoms with Crippen molar-refractivity contribution in [2.75, 3.05) is 13.2 Å². The van der Waals surface area contributed by atoms with Crippen LogP contribution in [-0.4, -0.2) is 39.1 Å². The minimum atomic E-state index is -0.303. The molecule has 1 saturated carbocycles. The van der Waals surface area contributed by atoms with Gasteiger partial charge in [-0.05, 0) is 42.9 Å². The highest BCUT2D eigenvalue weighted by Gasteiger charge is 2.25. The monoisotopic (exact) mass is 373 g/mol. The summed E-state index contributed by atoms with van der Waals surface area (Å²) in [7, 11) is 0. The van der Waals surface area contributed by atoms with Gasteiger partial charge in [0.15, 0.2) is 0 Å². The molecule has 0 unspecified atom stereocenters. The molecule has 7 nitrogen and oxygen atoms in total. The predicted octanol–water partition coefficient (Wildman–Crippen LogP) is 2.46. The summed E-state index contributed by atoms with van der Waals surface area (Å²) in [6, 6.07) is 6.08. The molecular weight excluding hydrogens is 349 g/mol. The molecule has 2 amide bonds. The van der Waals surface area contributed by atoms with Gasteiger partial charge >= 0.3 is 6.03 Å². The van der Waals surface area contributed by atoms with Crippen molar-refractivity contribution < 1.29 is 13.9 Å². The standard InChI is InChI=1S/C19H24FN5O2/c20-16-4-1-3-15(9-16)10-21-19(26)24-7-2-8-25-18(11-24)17(22-23-25)13-27-12-14-5-6-14/h1,3-4,9,14H,2,5-8,10-13H2,(H,21,26). The van der Waals surface area contributed by atoms with Crippen LogP contribution >= 0.6 is 0 Å². The molecule has 0 spiro atoms. The van der Waals surface area contributed by atoms with E-state index in [4.69, 9.17) is 4.74 Å². The molecule has 1 aromatic heterocycles. The van der Waals surface area contributed by atoms with E-state index in [0.717, 1.165) is 36.5 Å². The summed E-state index contributed by atoms with van der Waals surface area (Å²) >= 11 is 0. The topological polar surface area (TPSA) is 72.3 Å². The Morgan fingerprint density at radius 3 is 3.04 bits per heavy atom. The molecule has 1 N–H and O–H groups in total. The normalized spacial score (nSPS) is 16.7. The molecule has 1 aliphatic carbocycles. The number of halogens is 1. The molecule has 0 saturated heterocycles. The van der Waals surface area contributed by atoms with Crippen molar-refractivity contribution in [3.05, 3.63) is 47.0 Å². The molecule has 1 aromatic carbocycles. The summed E-state index contributed by atoms with van der Waals surface area (Å²) in [6.07, 6.45) is 3.31. The third kappa shape index (κ3) is 4.63. The first-order valence-electron chi connectivity index (χ1n) is 9.45. The Balaban J connectivity index is 1.36. The summed E-state index contributed by atoms with van der Waals surface area (Å²) in [5, 5.41) is 11.3. The van der Waals surface area contributed by atoms with Crippen molar-refractivity contribution in [2.24, 2.45) is 5.92 Å². The fraction of sp³-hybridized carbons (Fsp3) is 0.526. The van der Waals surface area contributed by atoms with Gasteiger partial charge in [0.05, 0.1) is 18.8 Å². The van der Waals surface area contributed by atoms with Crippen LogP contribution in [-0.2, 0) is 31.0 Å². The number of hydrogen-bond acceptors (Lipinski definition) is 4. The number of urea groups is 1. The van der Waals surface area contributed by atoms with Crippen LogP contribution in [0.15, 0.2) is 24.3 Å². The average molecular weight is 373 g/mol. The van der Waals surface area contributed by atoms with Gasteiger partial charge in [-0.1, -0.05) is 17.3 Å². The maximum atomic E-state index is 13.3. The van der Waals surface area contributed by atoms with Gasteiger partial charge in [0.1, 0.15) is 11.5 Å². The number of fused-ring (bicyclic) bond motifs is 1. The van der Waals surface area contributed by atoms with E-state index in [1.54, 1.807) is 17.0 Å². The van der Waals surface area contributed by atoms with Gasteiger partial charge in [-0.2, -0.15) is 0 Å². The number of nitrogens with one attached hydrogen (secondary N) is 1. The first-order chi connectivity index (χ1) is 13.2. The van der Waals surface area contributed by atoms with Crippen molar-refractivity contribution in [1.82, 2.24) is 25.2 Å². The predicted molar refractivity (Wildman–Crippen MR) is 96.1 cm³/mol. The zero-order valence-electron chi connectivity index (χ0n) is 15.2. The van der Waals surface area contributed by atoms with Gasteiger partial charge in [0.2, 0.25) is 0 Å². The Kier molecular flexibility index (Phi) is 5.33. The Hall–Kier alpha value is -2.48. The Labute approximate surface area is 157 Å². The van der Waals surface area contributed by atoms with Crippen LogP contribution in [0.4, 0.5) is 9.18 Å². The molecule has 8 heteroatoms. The number of aromatic nitrogens is 3. The number of carbonyl (C=O) groups is 1. The number of carbonyl (C=O) groups excluding carboxylic acids is 1. The van der Waals surface area contributed by atoms with E-state index in [0.29, 0.717) is 32.2 Å². The van der Waals surface area contributed by atoms with E-state index in [1.807, 2.05) is 4.68 Å². The zero-order chi connectivity index (χ0) is 18.6. The molecule has 2 aromatic rings. The minimum Gasteiger partial charge on any atom is -0.375 e. The quantitative estimate of drug-likeness (QED) is 0.844. The highest BCUT2D eigenvalue weighted by atomic mass is 19.1. The van der Waals surface area contributed by atoms with Crippen molar-refractivity contribution in [3.63, 3.8) is 0 Å². The number of nitrogens with zero attached hydrogens (tertiary/aromatic N) is 4. The van der Waals surface area contributed by atoms with Crippen molar-refractivity contribution >= 4 is 6.03 Å². The molecule has 1 aliphatic heterocycles. The molecule has 144 valence electrons. The molecule has 0 radical (unpaired) electrons. The highest BCUT2D eigenvalue weighted by molar-refractivity contribution is 5.74. The summed E-state index contributed by atoms with van der Waals surface area (Å²) in [4.78, 5) is 14.4. The van der Waals surface area contributed by atoms with Gasteiger partial charge in [-0.15, -0.1) is 5.10 Å². The molecule has 0 bridgehead atoms. The van der Waals surface area contributed by atoms with Crippen LogP contribution in [0.3, 0.4) is 0 Å². The molecule has 2 heterocycles. The Morgan fingerprint density at radius 1 is 1.33 bits per heavy atom. The van der Waals surface area contributed by atoms with Crippen LogP contribution in [0.25, 0.3) is 0 Å². The van der Waals surface area contributed by atoms with Crippen LogP contribution in [0.2, 0.25) is 0 Å². The van der Waals surface area contributed by atoms with Crippen molar-refractivity contribution in [2.45, 2.75) is 45.5 Å². The fourth-order valence-electron chi connectivity index (χ4n) is 3.22. The highest BCUT2D eigenvalue weighted by Crippen LogP contribution is 2.29. The maximum Gasteiger partial charge on any atom is 0.318 e. The summed E-state index contributed by atoms with van der Waals surface area (Å²) in [5.74, 6) is 0.395. The van der Waals surface area contributed by atoms with Gasteiger partial charge in [0, 0.05) is 26.2 Å². The first-order valence-corrected chi connectivity index (χ1v) is 9.45. The molecule has 4 rings (SSSR count). The zero-order valence-corrected chi connectivity index (χ0v) is 15.2. The number of ether oxygens (including phenoxy) is 1. The Morgan fingerprint density at radius 2 is 2.22 bits per heavy atom. The maximum absolute atomic E-state index is 13.3. The largest absolute Gasteiger partial charge is 0.375 e. The lowest BCUT2D eigenvalue weighted by Gasteiger charge is -2.21. The first kappa shape index (κ1) is 17.9.